The molecule has 0 bridgehead atoms. The van der Waals surface area contributed by atoms with Crippen molar-refractivity contribution in [2.45, 2.75) is 57.5 Å². The van der Waals surface area contributed by atoms with E-state index in [1.807, 2.05) is 6.92 Å². The predicted octanol–water partition coefficient (Wildman–Crippen LogP) is 1.84. The van der Waals surface area contributed by atoms with Crippen molar-refractivity contribution in [1.29, 1.82) is 0 Å². The first kappa shape index (κ1) is 16.8. The number of carboxylic acids is 1. The Balaban J connectivity index is 2.53. The quantitative estimate of drug-likeness (QED) is 0.730. The maximum Gasteiger partial charge on any atom is 0.326 e. The molecule has 1 aliphatic heterocycles. The van der Waals surface area contributed by atoms with Crippen LogP contribution < -0.4 is 5.32 Å². The normalized spacial score (nSPS) is 21.1. The zero-order valence-electron chi connectivity index (χ0n) is 12.4. The van der Waals surface area contributed by atoms with E-state index >= 15 is 0 Å². The SMILES string of the molecule is COCCCC(NC(=O)N1CCCCCC1C)C(=O)O. The molecule has 0 aromatic rings. The highest BCUT2D eigenvalue weighted by atomic mass is 16.5. The smallest absolute Gasteiger partial charge is 0.326 e. The molecule has 1 rings (SSSR count). The molecule has 2 atom stereocenters. The monoisotopic (exact) mass is 286 g/mol. The fourth-order valence-corrected chi connectivity index (χ4v) is 2.50. The maximum absolute atomic E-state index is 12.2. The Morgan fingerprint density at radius 1 is 1.40 bits per heavy atom. The largest absolute Gasteiger partial charge is 0.480 e. The number of carboxylic acid groups (broad SMARTS) is 1. The fourth-order valence-electron chi connectivity index (χ4n) is 2.50. The molecule has 0 saturated carbocycles. The van der Waals surface area contributed by atoms with Crippen LogP contribution in [0.1, 0.15) is 45.4 Å². The van der Waals surface area contributed by atoms with E-state index in [2.05, 4.69) is 5.32 Å². The Bertz CT molecular complexity index is 322. The summed E-state index contributed by atoms with van der Waals surface area (Å²) in [5.74, 6) is -0.989. The van der Waals surface area contributed by atoms with Crippen LogP contribution in [0.2, 0.25) is 0 Å². The second kappa shape index (κ2) is 8.79. The summed E-state index contributed by atoms with van der Waals surface area (Å²) < 4.78 is 4.91. The van der Waals surface area contributed by atoms with E-state index in [9.17, 15) is 9.59 Å². The summed E-state index contributed by atoms with van der Waals surface area (Å²) in [6.45, 7) is 3.22. The molecule has 0 radical (unpaired) electrons. The third kappa shape index (κ3) is 5.36. The first-order valence-electron chi connectivity index (χ1n) is 7.35. The van der Waals surface area contributed by atoms with Crippen LogP contribution in [0.4, 0.5) is 4.79 Å². The molecule has 2 unspecified atom stereocenters. The van der Waals surface area contributed by atoms with Crippen LogP contribution in [-0.4, -0.2) is 54.4 Å². The molecule has 1 saturated heterocycles. The van der Waals surface area contributed by atoms with Gasteiger partial charge in [-0.25, -0.2) is 9.59 Å². The summed E-state index contributed by atoms with van der Waals surface area (Å²) in [5, 5.41) is 11.8. The van der Waals surface area contributed by atoms with Gasteiger partial charge in [-0.1, -0.05) is 12.8 Å². The first-order chi connectivity index (χ1) is 9.56. The number of amides is 2. The van der Waals surface area contributed by atoms with Gasteiger partial charge in [0.25, 0.3) is 0 Å². The number of hydrogen-bond acceptors (Lipinski definition) is 3. The summed E-state index contributed by atoms with van der Waals surface area (Å²) in [7, 11) is 1.58. The number of aliphatic carboxylic acids is 1. The molecule has 20 heavy (non-hydrogen) atoms. The van der Waals surface area contributed by atoms with Gasteiger partial charge in [-0.3, -0.25) is 0 Å². The number of carbonyl (C=O) groups is 2. The zero-order chi connectivity index (χ0) is 15.0. The summed E-state index contributed by atoms with van der Waals surface area (Å²) >= 11 is 0. The van der Waals surface area contributed by atoms with Crippen LogP contribution in [0.25, 0.3) is 0 Å². The Hall–Kier alpha value is -1.30. The topological polar surface area (TPSA) is 78.9 Å². The van der Waals surface area contributed by atoms with Crippen molar-refractivity contribution in [1.82, 2.24) is 10.2 Å². The van der Waals surface area contributed by atoms with E-state index in [4.69, 9.17) is 9.84 Å². The van der Waals surface area contributed by atoms with E-state index in [-0.39, 0.29) is 12.1 Å². The number of urea groups is 1. The van der Waals surface area contributed by atoms with Gasteiger partial charge in [0.2, 0.25) is 0 Å². The Labute approximate surface area is 120 Å². The highest BCUT2D eigenvalue weighted by Crippen LogP contribution is 2.16. The molecule has 1 heterocycles. The van der Waals surface area contributed by atoms with Crippen molar-refractivity contribution >= 4 is 12.0 Å². The number of methoxy groups -OCH3 is 1. The van der Waals surface area contributed by atoms with Gasteiger partial charge < -0.3 is 20.1 Å². The van der Waals surface area contributed by atoms with Crippen LogP contribution in [-0.2, 0) is 9.53 Å². The van der Waals surface area contributed by atoms with Crippen LogP contribution in [0, 0.1) is 0 Å². The molecule has 0 aromatic carbocycles. The van der Waals surface area contributed by atoms with Crippen LogP contribution in [0.5, 0.6) is 0 Å². The van der Waals surface area contributed by atoms with Crippen molar-refractivity contribution in [3.63, 3.8) is 0 Å². The second-order valence-corrected chi connectivity index (χ2v) is 5.37. The number of hydrogen-bond donors (Lipinski definition) is 2. The van der Waals surface area contributed by atoms with Gasteiger partial charge in [0.15, 0.2) is 0 Å². The van der Waals surface area contributed by atoms with E-state index < -0.39 is 12.0 Å². The van der Waals surface area contributed by atoms with Gasteiger partial charge >= 0.3 is 12.0 Å². The molecule has 1 fully saturated rings. The van der Waals surface area contributed by atoms with Gasteiger partial charge in [0.1, 0.15) is 6.04 Å². The third-order valence-corrected chi connectivity index (χ3v) is 3.75. The lowest BCUT2D eigenvalue weighted by Gasteiger charge is -2.28. The van der Waals surface area contributed by atoms with Crippen molar-refractivity contribution in [3.05, 3.63) is 0 Å². The molecule has 6 heteroatoms. The Morgan fingerprint density at radius 2 is 2.15 bits per heavy atom. The number of nitrogens with zero attached hydrogens (tertiary/aromatic N) is 1. The number of carbonyl (C=O) groups excluding carboxylic acids is 1. The number of ether oxygens (including phenoxy) is 1. The fraction of sp³-hybridized carbons (Fsp3) is 0.857. The van der Waals surface area contributed by atoms with Gasteiger partial charge in [0, 0.05) is 26.3 Å². The first-order valence-corrected chi connectivity index (χ1v) is 7.35. The van der Waals surface area contributed by atoms with Crippen molar-refractivity contribution in [3.8, 4) is 0 Å². The van der Waals surface area contributed by atoms with Crippen molar-refractivity contribution in [2.24, 2.45) is 0 Å². The average molecular weight is 286 g/mol. The van der Waals surface area contributed by atoms with Gasteiger partial charge in [0.05, 0.1) is 0 Å². The zero-order valence-corrected chi connectivity index (χ0v) is 12.4. The van der Waals surface area contributed by atoms with Crippen LogP contribution in [0.15, 0.2) is 0 Å². The maximum atomic E-state index is 12.2. The molecule has 2 N–H and O–H groups in total. The van der Waals surface area contributed by atoms with E-state index in [0.29, 0.717) is 26.0 Å². The summed E-state index contributed by atoms with van der Waals surface area (Å²) in [5.41, 5.74) is 0. The van der Waals surface area contributed by atoms with Gasteiger partial charge in [-0.05, 0) is 32.6 Å². The van der Waals surface area contributed by atoms with E-state index in [0.717, 1.165) is 25.7 Å². The lowest BCUT2D eigenvalue weighted by atomic mass is 10.1. The number of nitrogens with one attached hydrogen (secondary N) is 1. The van der Waals surface area contributed by atoms with E-state index in [1.54, 1.807) is 12.0 Å². The minimum atomic E-state index is -0.989. The summed E-state index contributed by atoms with van der Waals surface area (Å²) in [6, 6.07) is -0.928. The standard InChI is InChI=1S/C14H26N2O4/c1-11-7-4-3-5-9-16(11)14(19)15-12(13(17)18)8-6-10-20-2/h11-12H,3-10H2,1-2H3,(H,15,19)(H,17,18). The molecule has 1 aliphatic rings. The highest BCUT2D eigenvalue weighted by Gasteiger charge is 2.26. The molecule has 0 spiro atoms. The molecule has 116 valence electrons. The van der Waals surface area contributed by atoms with Crippen molar-refractivity contribution < 1.29 is 19.4 Å². The molecule has 0 aromatic heterocycles. The van der Waals surface area contributed by atoms with E-state index in [1.165, 1.54) is 0 Å². The highest BCUT2D eigenvalue weighted by molar-refractivity contribution is 5.82. The molecule has 2 amide bonds. The summed E-state index contributed by atoms with van der Waals surface area (Å²) in [6.07, 6.45) is 5.22. The summed E-state index contributed by atoms with van der Waals surface area (Å²) in [4.78, 5) is 25.2. The Morgan fingerprint density at radius 3 is 2.80 bits per heavy atom. The van der Waals surface area contributed by atoms with Crippen molar-refractivity contribution in [2.75, 3.05) is 20.3 Å². The number of likely N-dealkylation sites (tertiary alicyclic amines) is 1. The Kier molecular flexibility index (Phi) is 7.36. The van der Waals surface area contributed by atoms with Crippen LogP contribution >= 0.6 is 0 Å². The minimum absolute atomic E-state index is 0.172. The van der Waals surface area contributed by atoms with Gasteiger partial charge in [-0.2, -0.15) is 0 Å². The van der Waals surface area contributed by atoms with Crippen LogP contribution in [0.3, 0.4) is 0 Å². The van der Waals surface area contributed by atoms with Gasteiger partial charge in [-0.15, -0.1) is 0 Å². The average Bonchev–Trinajstić information content (AvgIpc) is 2.62. The third-order valence-electron chi connectivity index (χ3n) is 3.75. The minimum Gasteiger partial charge on any atom is -0.480 e. The predicted molar refractivity (Wildman–Crippen MR) is 75.7 cm³/mol. The lowest BCUT2D eigenvalue weighted by molar-refractivity contribution is -0.139. The number of rotatable bonds is 6. The molecular weight excluding hydrogens is 260 g/mol. The molecule has 6 nitrogen and oxygen atoms in total. The molecular formula is C14H26N2O4. The second-order valence-electron chi connectivity index (χ2n) is 5.37. The lowest BCUT2D eigenvalue weighted by Crippen LogP contribution is -2.50. The molecule has 0 aliphatic carbocycles.